The second-order valence-electron chi connectivity index (χ2n) is 5.15. The molecule has 0 aromatic heterocycles. The normalized spacial score (nSPS) is 17.0. The van der Waals surface area contributed by atoms with E-state index in [0.717, 1.165) is 6.67 Å². The average Bonchev–Trinajstić information content (AvgIpc) is 2.69. The van der Waals surface area contributed by atoms with Gasteiger partial charge >= 0.3 is 0 Å². The number of halogens is 1. The van der Waals surface area contributed by atoms with Crippen LogP contribution in [0.15, 0.2) is 42.5 Å². The summed E-state index contributed by atoms with van der Waals surface area (Å²) in [5, 5.41) is 0. The molecule has 0 spiro atoms. The lowest BCUT2D eigenvalue weighted by molar-refractivity contribution is -0.752. The summed E-state index contributed by atoms with van der Waals surface area (Å²) in [6.07, 6.45) is 0. The lowest BCUT2D eigenvalue weighted by atomic mass is 10.1. The molecule has 1 aliphatic heterocycles. The number of para-hydroxylation sites is 1. The van der Waals surface area contributed by atoms with Crippen molar-refractivity contribution in [2.24, 2.45) is 0 Å². The van der Waals surface area contributed by atoms with Gasteiger partial charge in [-0.1, -0.05) is 18.2 Å². The molecule has 0 saturated carbocycles. The topological polar surface area (TPSA) is 7.68 Å². The lowest BCUT2D eigenvalue weighted by Crippen LogP contribution is -3.01. The van der Waals surface area contributed by atoms with Gasteiger partial charge in [0, 0.05) is 13.1 Å². The fourth-order valence-electron chi connectivity index (χ4n) is 2.65. The van der Waals surface area contributed by atoms with E-state index >= 15 is 0 Å². The summed E-state index contributed by atoms with van der Waals surface area (Å²) in [4.78, 5) is 3.78. The second-order valence-corrected chi connectivity index (χ2v) is 5.15. The summed E-state index contributed by atoms with van der Waals surface area (Å²) in [6.45, 7) is 5.38. The van der Waals surface area contributed by atoms with Crippen LogP contribution in [0.3, 0.4) is 0 Å². The molecular formula is C16H19IN2. The van der Waals surface area contributed by atoms with Crippen LogP contribution < -0.4 is 33.8 Å². The zero-order chi connectivity index (χ0) is 12.7. The number of nitrogens with zero attached hydrogens (tertiary/aromatic N) is 1. The molecule has 0 fully saturated rings. The minimum Gasteiger partial charge on any atom is -1.00 e. The van der Waals surface area contributed by atoms with Gasteiger partial charge in [0.2, 0.25) is 0 Å². The number of aryl methyl sites for hydroxylation is 2. The Balaban J connectivity index is 0.00000133. The van der Waals surface area contributed by atoms with E-state index < -0.39 is 0 Å². The number of nitrogens with one attached hydrogen (secondary N) is 1. The van der Waals surface area contributed by atoms with E-state index in [4.69, 9.17) is 0 Å². The summed E-state index contributed by atoms with van der Waals surface area (Å²) in [5.41, 5.74) is 6.84. The van der Waals surface area contributed by atoms with Crippen LogP contribution in [0.4, 0.5) is 17.1 Å². The van der Waals surface area contributed by atoms with Crippen molar-refractivity contribution in [3.05, 3.63) is 53.6 Å². The Labute approximate surface area is 132 Å². The number of quaternary nitrogens is 1. The van der Waals surface area contributed by atoms with Crippen molar-refractivity contribution in [2.75, 3.05) is 18.6 Å². The van der Waals surface area contributed by atoms with Crippen molar-refractivity contribution in [3.8, 4) is 0 Å². The predicted molar refractivity (Wildman–Crippen MR) is 75.9 cm³/mol. The number of rotatable bonds is 1. The fourth-order valence-corrected chi connectivity index (χ4v) is 2.65. The Morgan fingerprint density at radius 1 is 1.00 bits per heavy atom. The molecule has 3 rings (SSSR count). The molecule has 2 aromatic rings. The van der Waals surface area contributed by atoms with Gasteiger partial charge in [-0.25, -0.2) is 0 Å². The Hall–Kier alpha value is -1.07. The van der Waals surface area contributed by atoms with Crippen LogP contribution in [0.2, 0.25) is 0 Å². The first-order valence-corrected chi connectivity index (χ1v) is 6.41. The molecule has 0 aliphatic carbocycles. The molecule has 1 unspecified atom stereocenters. The van der Waals surface area contributed by atoms with Gasteiger partial charge < -0.3 is 28.9 Å². The van der Waals surface area contributed by atoms with E-state index in [1.807, 2.05) is 0 Å². The minimum absolute atomic E-state index is 0. The highest BCUT2D eigenvalue weighted by molar-refractivity contribution is 5.68. The van der Waals surface area contributed by atoms with Gasteiger partial charge in [0.25, 0.3) is 0 Å². The molecule has 19 heavy (non-hydrogen) atoms. The quantitative estimate of drug-likeness (QED) is 0.673. The van der Waals surface area contributed by atoms with Crippen LogP contribution in [0.1, 0.15) is 11.1 Å². The average molecular weight is 366 g/mol. The van der Waals surface area contributed by atoms with Crippen molar-refractivity contribution in [2.45, 2.75) is 13.8 Å². The highest BCUT2D eigenvalue weighted by atomic mass is 127. The molecule has 1 heterocycles. The largest absolute Gasteiger partial charge is 1.00 e. The number of benzene rings is 2. The van der Waals surface area contributed by atoms with Crippen LogP contribution >= 0.6 is 0 Å². The molecule has 1 N–H and O–H groups in total. The molecular weight excluding hydrogens is 347 g/mol. The van der Waals surface area contributed by atoms with E-state index in [0.29, 0.717) is 0 Å². The summed E-state index contributed by atoms with van der Waals surface area (Å²) >= 11 is 0. The van der Waals surface area contributed by atoms with Gasteiger partial charge in [-0.05, 0) is 43.2 Å². The highest BCUT2D eigenvalue weighted by Gasteiger charge is 2.30. The number of fused-ring (bicyclic) bond motifs is 1. The molecule has 1 atom stereocenters. The molecule has 2 aromatic carbocycles. The monoisotopic (exact) mass is 366 g/mol. The van der Waals surface area contributed by atoms with Gasteiger partial charge in [0.1, 0.15) is 11.4 Å². The van der Waals surface area contributed by atoms with Gasteiger partial charge in [-0.3, -0.25) is 4.90 Å². The maximum absolute atomic E-state index is 2.34. The first kappa shape index (κ1) is 14.3. The minimum atomic E-state index is 0. The van der Waals surface area contributed by atoms with E-state index in [1.165, 1.54) is 33.1 Å². The third-order valence-electron chi connectivity index (χ3n) is 3.87. The van der Waals surface area contributed by atoms with Crippen molar-refractivity contribution in [1.82, 2.24) is 0 Å². The molecule has 1 aliphatic rings. The van der Waals surface area contributed by atoms with E-state index in [9.17, 15) is 0 Å². The smallest absolute Gasteiger partial charge is 0.162 e. The third-order valence-corrected chi connectivity index (χ3v) is 3.87. The number of hydrogen-bond acceptors (Lipinski definition) is 1. The summed E-state index contributed by atoms with van der Waals surface area (Å²) in [5.74, 6) is 0. The predicted octanol–water partition coefficient (Wildman–Crippen LogP) is -0.437. The lowest BCUT2D eigenvalue weighted by Gasteiger charge is -2.13. The Kier molecular flexibility index (Phi) is 4.16. The van der Waals surface area contributed by atoms with Crippen molar-refractivity contribution in [3.63, 3.8) is 0 Å². The maximum Gasteiger partial charge on any atom is 0.162 e. The van der Waals surface area contributed by atoms with Gasteiger partial charge in [0.05, 0.1) is 0 Å². The summed E-state index contributed by atoms with van der Waals surface area (Å²) in [7, 11) is 2.17. The van der Waals surface area contributed by atoms with Gasteiger partial charge in [-0.15, -0.1) is 0 Å². The first-order chi connectivity index (χ1) is 8.66. The highest BCUT2D eigenvalue weighted by Crippen LogP contribution is 2.30. The summed E-state index contributed by atoms with van der Waals surface area (Å²) in [6, 6.07) is 15.3. The maximum atomic E-state index is 2.34. The third kappa shape index (κ3) is 2.49. The molecule has 2 nitrogen and oxygen atoms in total. The first-order valence-electron chi connectivity index (χ1n) is 6.41. The summed E-state index contributed by atoms with van der Waals surface area (Å²) < 4.78 is 0. The van der Waals surface area contributed by atoms with Crippen LogP contribution in [-0.4, -0.2) is 13.7 Å². The van der Waals surface area contributed by atoms with Crippen molar-refractivity contribution >= 4 is 17.1 Å². The standard InChI is InChI=1S/C16H18N2.HI/c1-12-9-15-16(10-13(12)2)18(11-17(15)3)14-7-5-4-6-8-14;/h4-10H,11H2,1-3H3;1H. The van der Waals surface area contributed by atoms with E-state index in [2.05, 4.69) is 68.3 Å². The Bertz CT molecular complexity index is 581. The number of hydrogen-bond donors (Lipinski definition) is 1. The fraction of sp³-hybridized carbons (Fsp3) is 0.250. The molecule has 0 saturated heterocycles. The SMILES string of the molecule is Cc1cc2c(cc1C)[NH+](c1ccccc1)CN2C.[I-]. The van der Waals surface area contributed by atoms with Crippen LogP contribution in [0.25, 0.3) is 0 Å². The zero-order valence-electron chi connectivity index (χ0n) is 11.6. The van der Waals surface area contributed by atoms with E-state index in [1.54, 1.807) is 0 Å². The number of anilines is 1. The molecule has 0 amide bonds. The zero-order valence-corrected chi connectivity index (χ0v) is 13.7. The Morgan fingerprint density at radius 3 is 2.32 bits per heavy atom. The van der Waals surface area contributed by atoms with Gasteiger partial charge in [0.15, 0.2) is 12.4 Å². The molecule has 0 bridgehead atoms. The van der Waals surface area contributed by atoms with Crippen LogP contribution in [-0.2, 0) is 0 Å². The van der Waals surface area contributed by atoms with Gasteiger partial charge in [-0.2, -0.15) is 0 Å². The molecule has 3 heteroatoms. The van der Waals surface area contributed by atoms with Crippen LogP contribution in [0, 0.1) is 13.8 Å². The molecule has 100 valence electrons. The van der Waals surface area contributed by atoms with Crippen LogP contribution in [0.5, 0.6) is 0 Å². The Morgan fingerprint density at radius 2 is 1.63 bits per heavy atom. The van der Waals surface area contributed by atoms with E-state index in [-0.39, 0.29) is 24.0 Å². The molecule has 0 radical (unpaired) electrons. The van der Waals surface area contributed by atoms with Crippen molar-refractivity contribution < 1.29 is 28.9 Å². The second kappa shape index (κ2) is 5.51. The van der Waals surface area contributed by atoms with Crippen molar-refractivity contribution in [1.29, 1.82) is 0 Å².